The van der Waals surface area contributed by atoms with Crippen molar-refractivity contribution >= 4 is 27.5 Å². The molecule has 2 rings (SSSR count). The van der Waals surface area contributed by atoms with Crippen molar-refractivity contribution in [1.29, 1.82) is 0 Å². The van der Waals surface area contributed by atoms with Crippen LogP contribution in [0.15, 0.2) is 41.1 Å². The maximum absolute atomic E-state index is 10.2. The summed E-state index contributed by atoms with van der Waals surface area (Å²) in [5, 5.41) is 10.9. The fraction of sp³-hybridized carbons (Fsp3) is 0.154. The Labute approximate surface area is 113 Å². The van der Waals surface area contributed by atoms with Crippen LogP contribution in [-0.4, -0.2) is 10.1 Å². The highest BCUT2D eigenvalue weighted by Crippen LogP contribution is 2.28. The van der Waals surface area contributed by atoms with Crippen LogP contribution in [0.4, 0.5) is 0 Å². The lowest BCUT2D eigenvalue weighted by Crippen LogP contribution is -2.00. The van der Waals surface area contributed by atoms with Gasteiger partial charge in [-0.25, -0.2) is 0 Å². The molecule has 2 nitrogen and oxygen atoms in total. The van der Waals surface area contributed by atoms with Crippen LogP contribution in [0.5, 0.6) is 0 Å². The first-order valence-corrected chi connectivity index (χ1v) is 6.29. The molecular weight excluding hydrogens is 302 g/mol. The van der Waals surface area contributed by atoms with Gasteiger partial charge in [0.05, 0.1) is 5.02 Å². The van der Waals surface area contributed by atoms with E-state index < -0.39 is 6.10 Å². The second kappa shape index (κ2) is 5.17. The summed E-state index contributed by atoms with van der Waals surface area (Å²) in [7, 11) is 0. The summed E-state index contributed by atoms with van der Waals surface area (Å²) in [6, 6.07) is 7.29. The van der Waals surface area contributed by atoms with E-state index in [4.69, 9.17) is 11.6 Å². The van der Waals surface area contributed by atoms with Crippen molar-refractivity contribution in [3.05, 3.63) is 62.8 Å². The van der Waals surface area contributed by atoms with Crippen LogP contribution < -0.4 is 0 Å². The Bertz CT molecular complexity index is 545. The predicted molar refractivity (Wildman–Crippen MR) is 72.2 cm³/mol. The van der Waals surface area contributed by atoms with Crippen molar-refractivity contribution in [2.24, 2.45) is 0 Å². The topological polar surface area (TPSA) is 33.1 Å². The molecule has 1 atom stereocenters. The van der Waals surface area contributed by atoms with Crippen LogP contribution in [0.25, 0.3) is 0 Å². The van der Waals surface area contributed by atoms with Crippen LogP contribution >= 0.6 is 27.5 Å². The molecule has 88 valence electrons. The third-order valence-electron chi connectivity index (χ3n) is 2.47. The molecule has 0 aliphatic rings. The van der Waals surface area contributed by atoms with E-state index in [1.165, 1.54) is 0 Å². The van der Waals surface area contributed by atoms with Gasteiger partial charge in [-0.3, -0.25) is 4.98 Å². The smallest absolute Gasteiger partial charge is 0.106 e. The van der Waals surface area contributed by atoms with Crippen LogP contribution in [0.2, 0.25) is 5.02 Å². The van der Waals surface area contributed by atoms with Gasteiger partial charge in [0.25, 0.3) is 0 Å². The van der Waals surface area contributed by atoms with Gasteiger partial charge < -0.3 is 5.11 Å². The molecule has 2 aromatic rings. The van der Waals surface area contributed by atoms with Crippen LogP contribution in [0, 0.1) is 6.92 Å². The maximum atomic E-state index is 10.2. The average molecular weight is 313 g/mol. The summed E-state index contributed by atoms with van der Waals surface area (Å²) < 4.78 is 0.774. The normalized spacial score (nSPS) is 12.5. The Kier molecular flexibility index (Phi) is 3.82. The Hall–Kier alpha value is -0.900. The monoisotopic (exact) mass is 311 g/mol. The Morgan fingerprint density at radius 2 is 2.00 bits per heavy atom. The van der Waals surface area contributed by atoms with Gasteiger partial charge in [0.2, 0.25) is 0 Å². The molecule has 17 heavy (non-hydrogen) atoms. The Morgan fingerprint density at radius 3 is 2.65 bits per heavy atom. The number of rotatable bonds is 2. The first-order valence-electron chi connectivity index (χ1n) is 5.12. The van der Waals surface area contributed by atoms with Crippen molar-refractivity contribution in [2.45, 2.75) is 13.0 Å². The summed E-state index contributed by atoms with van der Waals surface area (Å²) >= 11 is 9.26. The molecule has 1 N–H and O–H groups in total. The van der Waals surface area contributed by atoms with Crippen molar-refractivity contribution < 1.29 is 5.11 Å². The Morgan fingerprint density at radius 1 is 1.24 bits per heavy atom. The third-order valence-corrected chi connectivity index (χ3v) is 3.69. The number of aliphatic hydroxyl groups excluding tert-OH is 1. The van der Waals surface area contributed by atoms with E-state index in [1.54, 1.807) is 24.5 Å². The fourth-order valence-electron chi connectivity index (χ4n) is 1.60. The lowest BCUT2D eigenvalue weighted by atomic mass is 10.0. The van der Waals surface area contributed by atoms with E-state index in [0.29, 0.717) is 5.02 Å². The number of hydrogen-bond acceptors (Lipinski definition) is 2. The highest BCUT2D eigenvalue weighted by Gasteiger charge is 2.12. The Balaban J connectivity index is 2.36. The van der Waals surface area contributed by atoms with E-state index in [2.05, 4.69) is 20.9 Å². The number of aliphatic hydroxyl groups is 1. The molecule has 0 aliphatic heterocycles. The molecule has 0 bridgehead atoms. The number of pyridine rings is 1. The standard InChI is InChI=1S/C13H11BrClNO/c1-8-4-10(7-16-6-8)13(17)9-2-3-12(15)11(14)5-9/h2-7,13,17H,1H3. The minimum Gasteiger partial charge on any atom is -0.384 e. The molecule has 1 unspecified atom stereocenters. The van der Waals surface area contributed by atoms with Crippen molar-refractivity contribution in [3.8, 4) is 0 Å². The first kappa shape index (κ1) is 12.6. The molecule has 0 saturated heterocycles. The largest absolute Gasteiger partial charge is 0.384 e. The van der Waals surface area contributed by atoms with Gasteiger partial charge in [0.15, 0.2) is 0 Å². The summed E-state index contributed by atoms with van der Waals surface area (Å²) in [6.07, 6.45) is 2.74. The first-order chi connectivity index (χ1) is 8.08. The molecule has 1 heterocycles. The number of benzene rings is 1. The van der Waals surface area contributed by atoms with E-state index in [-0.39, 0.29) is 0 Å². The van der Waals surface area contributed by atoms with Crippen LogP contribution in [0.3, 0.4) is 0 Å². The average Bonchev–Trinajstić information content (AvgIpc) is 2.32. The zero-order valence-corrected chi connectivity index (χ0v) is 11.5. The second-order valence-electron chi connectivity index (χ2n) is 3.87. The van der Waals surface area contributed by atoms with Gasteiger partial charge in [-0.2, -0.15) is 0 Å². The zero-order chi connectivity index (χ0) is 12.4. The number of hydrogen-bond donors (Lipinski definition) is 1. The number of aryl methyl sites for hydroxylation is 1. The number of aromatic nitrogens is 1. The van der Waals surface area contributed by atoms with Gasteiger partial charge in [-0.05, 0) is 46.1 Å². The van der Waals surface area contributed by atoms with Gasteiger partial charge in [-0.1, -0.05) is 23.7 Å². The van der Waals surface area contributed by atoms with E-state index in [9.17, 15) is 5.11 Å². The molecule has 0 saturated carbocycles. The summed E-state index contributed by atoms with van der Waals surface area (Å²) in [6.45, 7) is 1.95. The SMILES string of the molecule is Cc1cncc(C(O)c2ccc(Cl)c(Br)c2)c1. The quantitative estimate of drug-likeness (QED) is 0.912. The molecule has 4 heteroatoms. The van der Waals surface area contributed by atoms with Gasteiger partial charge >= 0.3 is 0 Å². The zero-order valence-electron chi connectivity index (χ0n) is 9.19. The highest BCUT2D eigenvalue weighted by atomic mass is 79.9. The summed E-state index contributed by atoms with van der Waals surface area (Å²) in [5.41, 5.74) is 2.59. The van der Waals surface area contributed by atoms with Crippen molar-refractivity contribution in [2.75, 3.05) is 0 Å². The predicted octanol–water partition coefficient (Wildman–Crippen LogP) is 3.89. The second-order valence-corrected chi connectivity index (χ2v) is 5.13. The number of nitrogens with zero attached hydrogens (tertiary/aromatic N) is 1. The lowest BCUT2D eigenvalue weighted by molar-refractivity contribution is 0.219. The molecule has 0 amide bonds. The molecular formula is C13H11BrClNO. The van der Waals surface area contributed by atoms with Gasteiger partial charge in [0.1, 0.15) is 6.10 Å². The summed E-state index contributed by atoms with van der Waals surface area (Å²) in [4.78, 5) is 4.07. The minimum atomic E-state index is -0.684. The lowest BCUT2D eigenvalue weighted by Gasteiger charge is -2.12. The fourth-order valence-corrected chi connectivity index (χ4v) is 2.12. The number of halogens is 2. The molecule has 1 aromatic heterocycles. The molecule has 1 aromatic carbocycles. The molecule has 0 spiro atoms. The highest BCUT2D eigenvalue weighted by molar-refractivity contribution is 9.10. The third kappa shape index (κ3) is 2.86. The van der Waals surface area contributed by atoms with E-state index in [0.717, 1.165) is 21.2 Å². The van der Waals surface area contributed by atoms with Crippen LogP contribution in [-0.2, 0) is 0 Å². The van der Waals surface area contributed by atoms with Crippen molar-refractivity contribution in [1.82, 2.24) is 4.98 Å². The van der Waals surface area contributed by atoms with Gasteiger partial charge in [-0.15, -0.1) is 0 Å². The molecule has 0 radical (unpaired) electrons. The van der Waals surface area contributed by atoms with Crippen LogP contribution in [0.1, 0.15) is 22.8 Å². The minimum absolute atomic E-state index is 0.628. The van der Waals surface area contributed by atoms with E-state index in [1.807, 2.05) is 19.1 Å². The van der Waals surface area contributed by atoms with E-state index >= 15 is 0 Å². The van der Waals surface area contributed by atoms with Crippen molar-refractivity contribution in [3.63, 3.8) is 0 Å². The van der Waals surface area contributed by atoms with Gasteiger partial charge in [0, 0.05) is 22.4 Å². The maximum Gasteiger partial charge on any atom is 0.106 e. The summed E-state index contributed by atoms with van der Waals surface area (Å²) in [5.74, 6) is 0. The molecule has 0 fully saturated rings. The molecule has 0 aliphatic carbocycles.